The largest absolute Gasteiger partial charge is 0.394 e. The second kappa shape index (κ2) is 7.64. The van der Waals surface area contributed by atoms with E-state index in [1.165, 1.54) is 17.2 Å². The Morgan fingerprint density at radius 2 is 1.96 bits per heavy atom. The summed E-state index contributed by atoms with van der Waals surface area (Å²) in [4.78, 5) is 12.6. The molecular weight excluding hydrogens is 342 g/mol. The zero-order valence-electron chi connectivity index (χ0n) is 14.5. The fourth-order valence-electron chi connectivity index (χ4n) is 2.83. The van der Waals surface area contributed by atoms with E-state index in [9.17, 15) is 20.4 Å². The number of nitrogens with one attached hydrogen (secondary N) is 1. The predicted molar refractivity (Wildman–Crippen MR) is 92.3 cm³/mol. The van der Waals surface area contributed by atoms with E-state index in [0.717, 1.165) is 5.57 Å². The third kappa shape index (κ3) is 3.41. The van der Waals surface area contributed by atoms with Crippen LogP contribution in [0.15, 0.2) is 24.3 Å². The summed E-state index contributed by atoms with van der Waals surface area (Å²) in [6, 6.07) is 0. The molecule has 10 nitrogen and oxygen atoms in total. The molecule has 0 aliphatic carbocycles. The molecule has 0 aromatic carbocycles. The molecule has 1 fully saturated rings. The van der Waals surface area contributed by atoms with Crippen LogP contribution in [0, 0.1) is 0 Å². The number of ether oxygens (including phenoxy) is 1. The maximum absolute atomic E-state index is 10.3. The fourth-order valence-corrected chi connectivity index (χ4v) is 2.83. The highest BCUT2D eigenvalue weighted by molar-refractivity contribution is 5.82. The summed E-state index contributed by atoms with van der Waals surface area (Å²) < 4.78 is 7.01. The number of imidazole rings is 1. The van der Waals surface area contributed by atoms with Crippen molar-refractivity contribution in [1.82, 2.24) is 19.5 Å². The van der Waals surface area contributed by atoms with Crippen LogP contribution >= 0.6 is 0 Å². The molecule has 3 heterocycles. The highest BCUT2D eigenvalue weighted by Gasteiger charge is 2.44. The second-order valence-corrected chi connectivity index (χ2v) is 6.43. The van der Waals surface area contributed by atoms with Gasteiger partial charge in [0.05, 0.1) is 12.9 Å². The average molecular weight is 365 g/mol. The first-order valence-corrected chi connectivity index (χ1v) is 8.29. The van der Waals surface area contributed by atoms with Crippen molar-refractivity contribution in [2.75, 3.05) is 18.5 Å². The quantitative estimate of drug-likeness (QED) is 0.429. The highest BCUT2D eigenvalue weighted by Crippen LogP contribution is 2.31. The number of allylic oxidation sites excluding steroid dienone is 1. The molecule has 1 aliphatic heterocycles. The number of aliphatic hydroxyl groups is 4. The summed E-state index contributed by atoms with van der Waals surface area (Å²) >= 11 is 0. The van der Waals surface area contributed by atoms with Crippen LogP contribution in [-0.2, 0) is 4.74 Å². The van der Waals surface area contributed by atoms with Gasteiger partial charge in [-0.1, -0.05) is 11.6 Å². The summed E-state index contributed by atoms with van der Waals surface area (Å²) in [6.07, 6.45) is -1.60. The Morgan fingerprint density at radius 3 is 2.65 bits per heavy atom. The van der Waals surface area contributed by atoms with Crippen molar-refractivity contribution in [3.63, 3.8) is 0 Å². The minimum atomic E-state index is -1.47. The Labute approximate surface area is 149 Å². The summed E-state index contributed by atoms with van der Waals surface area (Å²) in [6.45, 7) is 4.05. The molecule has 0 unspecified atom stereocenters. The molecule has 0 amide bonds. The standard InChI is InChI=1S/C16H23N5O5/c1-8(2)3-4-17-14-10-15(19-6-18-14)21(7-20-10)16-13(25)12(24)11(23)9(5-22)26-16/h3,6-7,9,11-13,16,22-25H,4-5H2,1-2H3,(H,17,18,19)/t9-,11+,12+,13-,16+/m0/s1. The SMILES string of the molecule is CC(C)=CCNc1ncnc2c1ncn2[C@@H]1O[C@@H](CO)[C@@H](O)[C@@H](O)[C@@H]1O. The highest BCUT2D eigenvalue weighted by atomic mass is 16.6. The molecule has 2 aromatic heterocycles. The van der Waals surface area contributed by atoms with Crippen molar-refractivity contribution in [2.45, 2.75) is 44.5 Å². The molecule has 10 heteroatoms. The number of rotatable bonds is 5. The topological polar surface area (TPSA) is 146 Å². The zero-order chi connectivity index (χ0) is 18.8. The van der Waals surface area contributed by atoms with Crippen molar-refractivity contribution in [2.24, 2.45) is 0 Å². The molecule has 0 saturated carbocycles. The van der Waals surface area contributed by atoms with Crippen LogP contribution in [0.4, 0.5) is 5.82 Å². The third-order valence-electron chi connectivity index (χ3n) is 4.28. The normalized spacial score (nSPS) is 28.9. The number of hydrogen-bond donors (Lipinski definition) is 5. The number of nitrogens with zero attached hydrogens (tertiary/aromatic N) is 4. The van der Waals surface area contributed by atoms with Crippen molar-refractivity contribution in [3.8, 4) is 0 Å². The molecule has 5 atom stereocenters. The van der Waals surface area contributed by atoms with E-state index in [1.54, 1.807) is 0 Å². The fraction of sp³-hybridized carbons (Fsp3) is 0.562. The first-order valence-electron chi connectivity index (χ1n) is 8.29. The van der Waals surface area contributed by atoms with E-state index in [-0.39, 0.29) is 0 Å². The van der Waals surface area contributed by atoms with Crippen LogP contribution < -0.4 is 5.32 Å². The van der Waals surface area contributed by atoms with Gasteiger partial charge in [0.1, 0.15) is 30.7 Å². The van der Waals surface area contributed by atoms with Gasteiger partial charge in [-0.05, 0) is 13.8 Å². The van der Waals surface area contributed by atoms with Gasteiger partial charge in [0.15, 0.2) is 23.2 Å². The lowest BCUT2D eigenvalue weighted by atomic mass is 9.98. The lowest BCUT2D eigenvalue weighted by Gasteiger charge is -2.40. The van der Waals surface area contributed by atoms with Gasteiger partial charge in [-0.15, -0.1) is 0 Å². The first kappa shape index (κ1) is 18.7. The van der Waals surface area contributed by atoms with E-state index in [1.807, 2.05) is 19.9 Å². The van der Waals surface area contributed by atoms with Gasteiger partial charge in [0.25, 0.3) is 0 Å². The van der Waals surface area contributed by atoms with Crippen molar-refractivity contribution in [1.29, 1.82) is 0 Å². The summed E-state index contributed by atoms with van der Waals surface area (Å²) in [5, 5.41) is 42.7. The molecule has 0 spiro atoms. The number of anilines is 1. The van der Waals surface area contributed by atoms with Gasteiger partial charge in [0.2, 0.25) is 0 Å². The number of fused-ring (bicyclic) bond motifs is 1. The van der Waals surface area contributed by atoms with Crippen molar-refractivity contribution in [3.05, 3.63) is 24.3 Å². The lowest BCUT2D eigenvalue weighted by Crippen LogP contribution is -2.56. The minimum absolute atomic E-state index is 0.393. The number of hydrogen-bond acceptors (Lipinski definition) is 9. The Hall–Kier alpha value is -2.11. The molecule has 0 radical (unpaired) electrons. The van der Waals surface area contributed by atoms with Gasteiger partial charge in [-0.3, -0.25) is 4.57 Å². The van der Waals surface area contributed by atoms with E-state index in [4.69, 9.17) is 4.74 Å². The molecule has 2 aromatic rings. The maximum atomic E-state index is 10.3. The van der Waals surface area contributed by atoms with E-state index in [0.29, 0.717) is 23.5 Å². The molecule has 0 bridgehead atoms. The van der Waals surface area contributed by atoms with Crippen LogP contribution in [0.5, 0.6) is 0 Å². The Kier molecular flexibility index (Phi) is 5.49. The van der Waals surface area contributed by atoms with Gasteiger partial charge in [-0.2, -0.15) is 0 Å². The summed E-state index contributed by atoms with van der Waals surface area (Å²) in [7, 11) is 0. The van der Waals surface area contributed by atoms with Gasteiger partial charge in [-0.25, -0.2) is 15.0 Å². The van der Waals surface area contributed by atoms with E-state index in [2.05, 4.69) is 20.3 Å². The predicted octanol–water partition coefficient (Wildman–Crippen LogP) is -0.823. The van der Waals surface area contributed by atoms with Crippen molar-refractivity contribution < 1.29 is 25.2 Å². The number of aromatic nitrogens is 4. The Morgan fingerprint density at radius 1 is 1.19 bits per heavy atom. The molecule has 3 rings (SSSR count). The van der Waals surface area contributed by atoms with Crippen LogP contribution in [0.2, 0.25) is 0 Å². The minimum Gasteiger partial charge on any atom is -0.394 e. The molecule has 142 valence electrons. The molecule has 1 aliphatic rings. The average Bonchev–Trinajstić information content (AvgIpc) is 3.05. The maximum Gasteiger partial charge on any atom is 0.167 e. The molecule has 26 heavy (non-hydrogen) atoms. The van der Waals surface area contributed by atoms with E-state index < -0.39 is 37.3 Å². The molecular formula is C16H23N5O5. The zero-order valence-corrected chi connectivity index (χ0v) is 14.5. The van der Waals surface area contributed by atoms with Gasteiger partial charge in [0, 0.05) is 6.54 Å². The monoisotopic (exact) mass is 365 g/mol. The smallest absolute Gasteiger partial charge is 0.167 e. The van der Waals surface area contributed by atoms with Crippen molar-refractivity contribution >= 4 is 17.0 Å². The molecule has 1 saturated heterocycles. The second-order valence-electron chi connectivity index (χ2n) is 6.43. The molecule has 5 N–H and O–H groups in total. The van der Waals surface area contributed by atoms with Crippen LogP contribution in [0.1, 0.15) is 20.1 Å². The van der Waals surface area contributed by atoms with Crippen LogP contribution in [-0.4, -0.2) is 77.5 Å². The third-order valence-corrected chi connectivity index (χ3v) is 4.28. The van der Waals surface area contributed by atoms with E-state index >= 15 is 0 Å². The van der Waals surface area contributed by atoms with Crippen LogP contribution in [0.25, 0.3) is 11.2 Å². The Balaban J connectivity index is 1.92. The summed E-state index contributed by atoms with van der Waals surface area (Å²) in [5.74, 6) is 0.524. The Bertz CT molecular complexity index is 788. The first-order chi connectivity index (χ1) is 12.4. The van der Waals surface area contributed by atoms with Gasteiger partial charge < -0.3 is 30.5 Å². The van der Waals surface area contributed by atoms with Crippen LogP contribution in [0.3, 0.4) is 0 Å². The number of aliphatic hydroxyl groups excluding tert-OH is 4. The lowest BCUT2D eigenvalue weighted by molar-refractivity contribution is -0.250. The van der Waals surface area contributed by atoms with Gasteiger partial charge >= 0.3 is 0 Å². The summed E-state index contributed by atoms with van der Waals surface area (Å²) in [5.41, 5.74) is 2.03.